The monoisotopic (exact) mass is 539 g/mol. The highest BCUT2D eigenvalue weighted by molar-refractivity contribution is 7.92. The molecule has 2 aliphatic rings. The van der Waals surface area contributed by atoms with Gasteiger partial charge in [-0.25, -0.2) is 8.42 Å². The van der Waals surface area contributed by atoms with Gasteiger partial charge >= 0.3 is 0 Å². The van der Waals surface area contributed by atoms with E-state index in [1.54, 1.807) is 36.4 Å². The molecule has 0 unspecified atom stereocenters. The molecule has 1 fully saturated rings. The highest BCUT2D eigenvalue weighted by Crippen LogP contribution is 2.38. The van der Waals surface area contributed by atoms with E-state index < -0.39 is 16.1 Å². The van der Waals surface area contributed by atoms with E-state index in [1.165, 1.54) is 41.3 Å². The molecule has 3 aromatic carbocycles. The van der Waals surface area contributed by atoms with Crippen LogP contribution in [-0.2, 0) is 27.9 Å². The number of rotatable bonds is 7. The number of hydrogen-bond donors (Lipinski definition) is 1. The molecule has 7 nitrogen and oxygen atoms in total. The van der Waals surface area contributed by atoms with Gasteiger partial charge in [-0.15, -0.1) is 0 Å². The number of sulfonamides is 1. The zero-order chi connectivity index (χ0) is 25.8. The first kappa shape index (κ1) is 25.6. The molecule has 0 saturated carbocycles. The van der Waals surface area contributed by atoms with Gasteiger partial charge in [0.25, 0.3) is 15.9 Å². The smallest absolute Gasteiger partial charge is 0.264 e. The lowest BCUT2D eigenvalue weighted by molar-refractivity contribution is -0.127. The summed E-state index contributed by atoms with van der Waals surface area (Å²) in [5.41, 5.74) is 2.51. The number of piperidine rings is 1. The quantitative estimate of drug-likeness (QED) is 0.475. The number of nitrogens with zero attached hydrogens (tertiary/aromatic N) is 2. The SMILES string of the molecule is O=C(NCc1cccc(CN2CCCCC2)c1)[C@@H]1CN(S(=O)(=O)c2ccccc2)c2cc(Cl)ccc2O1. The number of nitrogens with one attached hydrogen (secondary N) is 1. The molecule has 2 heterocycles. The van der Waals surface area contributed by atoms with Gasteiger partial charge in [0.15, 0.2) is 6.10 Å². The van der Waals surface area contributed by atoms with Crippen LogP contribution in [0.15, 0.2) is 77.7 Å². The fourth-order valence-electron chi connectivity index (χ4n) is 4.83. The van der Waals surface area contributed by atoms with Gasteiger partial charge in [-0.05, 0) is 67.4 Å². The number of likely N-dealkylation sites (tertiary alicyclic amines) is 1. The maximum Gasteiger partial charge on any atom is 0.264 e. The van der Waals surface area contributed by atoms with E-state index in [9.17, 15) is 13.2 Å². The van der Waals surface area contributed by atoms with Crippen molar-refractivity contribution in [2.75, 3.05) is 23.9 Å². The topological polar surface area (TPSA) is 79.0 Å². The lowest BCUT2D eigenvalue weighted by Gasteiger charge is -2.34. The predicted octanol–water partition coefficient (Wildman–Crippen LogP) is 4.60. The Bertz CT molecular complexity index is 1360. The molecule has 1 saturated heterocycles. The summed E-state index contributed by atoms with van der Waals surface area (Å²) < 4.78 is 34.1. The first-order chi connectivity index (χ1) is 17.9. The molecule has 0 spiro atoms. The van der Waals surface area contributed by atoms with Gasteiger partial charge in [-0.1, -0.05) is 60.5 Å². The minimum absolute atomic E-state index is 0.132. The summed E-state index contributed by atoms with van der Waals surface area (Å²) >= 11 is 6.17. The minimum Gasteiger partial charge on any atom is -0.476 e. The highest BCUT2D eigenvalue weighted by atomic mass is 35.5. The third-order valence-electron chi connectivity index (χ3n) is 6.73. The van der Waals surface area contributed by atoms with Gasteiger partial charge in [-0.3, -0.25) is 14.0 Å². The summed E-state index contributed by atoms with van der Waals surface area (Å²) in [6, 6.07) is 21.1. The lowest BCUT2D eigenvalue weighted by atomic mass is 10.1. The third kappa shape index (κ3) is 5.92. The Morgan fingerprint density at radius 2 is 1.70 bits per heavy atom. The first-order valence-corrected chi connectivity index (χ1v) is 14.3. The molecule has 0 aromatic heterocycles. The van der Waals surface area contributed by atoms with Crippen LogP contribution in [0.5, 0.6) is 5.75 Å². The Morgan fingerprint density at radius 3 is 2.49 bits per heavy atom. The van der Waals surface area contributed by atoms with Gasteiger partial charge < -0.3 is 10.1 Å². The Hall–Kier alpha value is -3.07. The lowest BCUT2D eigenvalue weighted by Crippen LogP contribution is -2.50. The van der Waals surface area contributed by atoms with Crippen molar-refractivity contribution in [3.63, 3.8) is 0 Å². The number of fused-ring (bicyclic) bond motifs is 1. The molecule has 0 radical (unpaired) electrons. The number of halogens is 1. The number of anilines is 1. The molecular formula is C28H30ClN3O4S. The van der Waals surface area contributed by atoms with E-state index in [1.807, 2.05) is 12.1 Å². The Balaban J connectivity index is 1.30. The molecule has 0 bridgehead atoms. The second kappa shape index (κ2) is 11.1. The van der Waals surface area contributed by atoms with Gasteiger partial charge in [-0.2, -0.15) is 0 Å². The number of carbonyl (C=O) groups excluding carboxylic acids is 1. The molecule has 5 rings (SSSR count). The second-order valence-corrected chi connectivity index (χ2v) is 11.7. The van der Waals surface area contributed by atoms with E-state index in [-0.39, 0.29) is 17.3 Å². The van der Waals surface area contributed by atoms with Crippen LogP contribution < -0.4 is 14.4 Å². The molecule has 37 heavy (non-hydrogen) atoms. The molecule has 1 amide bonds. The van der Waals surface area contributed by atoms with Crippen molar-refractivity contribution in [3.05, 3.63) is 88.9 Å². The van der Waals surface area contributed by atoms with E-state index >= 15 is 0 Å². The van der Waals surface area contributed by atoms with Crippen LogP contribution >= 0.6 is 11.6 Å². The molecule has 0 aliphatic carbocycles. The van der Waals surface area contributed by atoms with Crippen LogP contribution in [0.4, 0.5) is 5.69 Å². The average molecular weight is 540 g/mol. The zero-order valence-electron chi connectivity index (χ0n) is 20.5. The molecular weight excluding hydrogens is 510 g/mol. The summed E-state index contributed by atoms with van der Waals surface area (Å²) in [6.45, 7) is 3.31. The molecule has 9 heteroatoms. The molecule has 194 valence electrons. The summed E-state index contributed by atoms with van der Waals surface area (Å²) in [6.07, 6.45) is 2.77. The van der Waals surface area contributed by atoms with Crippen molar-refractivity contribution < 1.29 is 17.9 Å². The highest BCUT2D eigenvalue weighted by Gasteiger charge is 2.37. The van der Waals surface area contributed by atoms with Crippen molar-refractivity contribution in [1.82, 2.24) is 10.2 Å². The van der Waals surface area contributed by atoms with E-state index in [4.69, 9.17) is 16.3 Å². The summed E-state index contributed by atoms with van der Waals surface area (Å²) in [4.78, 5) is 15.8. The largest absolute Gasteiger partial charge is 0.476 e. The first-order valence-electron chi connectivity index (χ1n) is 12.5. The number of carbonyl (C=O) groups is 1. The Kier molecular flexibility index (Phi) is 7.69. The van der Waals surface area contributed by atoms with Crippen molar-refractivity contribution in [1.29, 1.82) is 0 Å². The Labute approximate surface area is 223 Å². The van der Waals surface area contributed by atoms with Crippen molar-refractivity contribution in [2.45, 2.75) is 43.4 Å². The maximum atomic E-state index is 13.5. The average Bonchev–Trinajstić information content (AvgIpc) is 2.92. The van der Waals surface area contributed by atoms with Crippen LogP contribution in [0, 0.1) is 0 Å². The number of ether oxygens (including phenoxy) is 1. The summed E-state index contributed by atoms with van der Waals surface area (Å²) in [7, 11) is -3.94. The number of hydrogen-bond acceptors (Lipinski definition) is 5. The number of amides is 1. The fourth-order valence-corrected chi connectivity index (χ4v) is 6.48. The zero-order valence-corrected chi connectivity index (χ0v) is 22.0. The van der Waals surface area contributed by atoms with Gasteiger partial charge in [0, 0.05) is 18.1 Å². The van der Waals surface area contributed by atoms with Gasteiger partial charge in [0.05, 0.1) is 17.1 Å². The van der Waals surface area contributed by atoms with Crippen LogP contribution in [0.1, 0.15) is 30.4 Å². The molecule has 2 aliphatic heterocycles. The standard InChI is InChI=1S/C28H30ClN3O4S/c29-23-12-13-26-25(17-23)32(37(34,35)24-10-3-1-4-11-24)20-27(36-26)28(33)30-18-21-8-7-9-22(16-21)19-31-14-5-2-6-15-31/h1,3-4,7-13,16-17,27H,2,5-6,14-15,18-20H2,(H,30,33)/t27-/m0/s1. The van der Waals surface area contributed by atoms with Gasteiger partial charge in [0.1, 0.15) is 5.75 Å². The van der Waals surface area contributed by atoms with Crippen LogP contribution in [0.3, 0.4) is 0 Å². The van der Waals surface area contributed by atoms with E-state index in [0.717, 1.165) is 25.2 Å². The van der Waals surface area contributed by atoms with Crippen molar-refractivity contribution >= 4 is 33.2 Å². The van der Waals surface area contributed by atoms with Crippen molar-refractivity contribution in [2.24, 2.45) is 0 Å². The minimum atomic E-state index is -3.94. The Morgan fingerprint density at radius 1 is 0.946 bits per heavy atom. The van der Waals surface area contributed by atoms with Crippen LogP contribution in [-0.4, -0.2) is 45.0 Å². The normalized spacial score (nSPS) is 18.1. The molecule has 1 atom stereocenters. The predicted molar refractivity (Wildman–Crippen MR) is 144 cm³/mol. The summed E-state index contributed by atoms with van der Waals surface area (Å²) in [5, 5.41) is 3.31. The van der Waals surface area contributed by atoms with E-state index in [2.05, 4.69) is 22.3 Å². The molecule has 1 N–H and O–H groups in total. The van der Waals surface area contributed by atoms with Crippen molar-refractivity contribution in [3.8, 4) is 5.75 Å². The van der Waals surface area contributed by atoms with Gasteiger partial charge in [0.2, 0.25) is 0 Å². The maximum absolute atomic E-state index is 13.5. The fraction of sp³-hybridized carbons (Fsp3) is 0.321. The third-order valence-corrected chi connectivity index (χ3v) is 8.76. The number of benzene rings is 3. The van der Waals surface area contributed by atoms with E-state index in [0.29, 0.717) is 23.0 Å². The molecule has 3 aromatic rings. The van der Waals surface area contributed by atoms with Crippen LogP contribution in [0.25, 0.3) is 0 Å². The van der Waals surface area contributed by atoms with Crippen LogP contribution in [0.2, 0.25) is 5.02 Å². The summed E-state index contributed by atoms with van der Waals surface area (Å²) in [5.74, 6) is -0.0888. The second-order valence-electron chi connectivity index (χ2n) is 9.44.